The lowest BCUT2D eigenvalue weighted by Gasteiger charge is -2.06. The van der Waals surface area contributed by atoms with Crippen molar-refractivity contribution >= 4 is 11.7 Å². The molecule has 1 aromatic rings. The van der Waals surface area contributed by atoms with Crippen LogP contribution in [0.5, 0.6) is 0 Å². The highest BCUT2D eigenvalue weighted by molar-refractivity contribution is 6.02. The number of nitrogens with two attached hydrogens (primary N) is 1. The second-order valence-corrected chi connectivity index (χ2v) is 3.79. The fraction of sp³-hybridized carbons (Fsp3) is 0.429. The van der Waals surface area contributed by atoms with E-state index in [0.717, 1.165) is 11.1 Å². The highest BCUT2D eigenvalue weighted by Crippen LogP contribution is 2.16. The highest BCUT2D eigenvalue weighted by atomic mass is 16.1. The van der Waals surface area contributed by atoms with E-state index in [1.54, 1.807) is 6.92 Å². The maximum Gasteiger partial charge on any atom is 0.278 e. The van der Waals surface area contributed by atoms with Crippen LogP contribution in [0.25, 0.3) is 0 Å². The Bertz CT molecular complexity index is 407. The Morgan fingerprint density at radius 2 is 1.53 bits per heavy atom. The Hall–Kier alpha value is -1.64. The van der Waals surface area contributed by atoms with Crippen molar-refractivity contribution in [2.45, 2.75) is 41.5 Å². The SMILES string of the molecule is CC.CC(N)=NC(=O)c1cc(C)c(C)c(C)c1. The van der Waals surface area contributed by atoms with Crippen LogP contribution in [-0.2, 0) is 0 Å². The molecule has 0 saturated carbocycles. The molecule has 0 aliphatic carbocycles. The number of aryl methyl sites for hydroxylation is 2. The molecule has 0 bridgehead atoms. The predicted octanol–water partition coefficient (Wildman–Crippen LogP) is 3.16. The average molecular weight is 234 g/mol. The van der Waals surface area contributed by atoms with Gasteiger partial charge in [0.05, 0.1) is 0 Å². The largest absolute Gasteiger partial charge is 0.387 e. The van der Waals surface area contributed by atoms with E-state index in [4.69, 9.17) is 5.73 Å². The Morgan fingerprint density at radius 3 is 1.88 bits per heavy atom. The van der Waals surface area contributed by atoms with Crippen LogP contribution >= 0.6 is 0 Å². The molecule has 3 heteroatoms. The molecule has 0 fully saturated rings. The van der Waals surface area contributed by atoms with Gasteiger partial charge in [0.1, 0.15) is 5.84 Å². The van der Waals surface area contributed by atoms with Crippen LogP contribution in [0.3, 0.4) is 0 Å². The molecule has 3 nitrogen and oxygen atoms in total. The number of amidine groups is 1. The third-order valence-corrected chi connectivity index (χ3v) is 2.45. The number of amides is 1. The van der Waals surface area contributed by atoms with Crippen LogP contribution in [-0.4, -0.2) is 11.7 Å². The van der Waals surface area contributed by atoms with Gasteiger partial charge in [-0.05, 0) is 56.5 Å². The van der Waals surface area contributed by atoms with E-state index < -0.39 is 0 Å². The van der Waals surface area contributed by atoms with Gasteiger partial charge in [0.15, 0.2) is 0 Å². The number of rotatable bonds is 1. The summed E-state index contributed by atoms with van der Waals surface area (Å²) in [6, 6.07) is 3.69. The van der Waals surface area contributed by atoms with Gasteiger partial charge in [0, 0.05) is 5.56 Å². The van der Waals surface area contributed by atoms with Gasteiger partial charge >= 0.3 is 0 Å². The van der Waals surface area contributed by atoms with Crippen molar-refractivity contribution in [3.8, 4) is 0 Å². The molecule has 94 valence electrons. The van der Waals surface area contributed by atoms with E-state index in [2.05, 4.69) is 4.99 Å². The molecule has 1 aromatic carbocycles. The molecule has 0 spiro atoms. The van der Waals surface area contributed by atoms with Crippen molar-refractivity contribution in [1.82, 2.24) is 0 Å². The van der Waals surface area contributed by atoms with Gasteiger partial charge in [-0.2, -0.15) is 4.99 Å². The first kappa shape index (κ1) is 15.4. The lowest BCUT2D eigenvalue weighted by atomic mass is 10.0. The maximum atomic E-state index is 11.6. The Kier molecular flexibility index (Phi) is 6.18. The highest BCUT2D eigenvalue weighted by Gasteiger charge is 2.07. The predicted molar refractivity (Wildman–Crippen MR) is 73.6 cm³/mol. The molecular formula is C14H22N2O. The number of nitrogens with zero attached hydrogens (tertiary/aromatic N) is 1. The molecule has 0 atom stereocenters. The summed E-state index contributed by atoms with van der Waals surface area (Å²) in [5, 5.41) is 0. The summed E-state index contributed by atoms with van der Waals surface area (Å²) in [7, 11) is 0. The zero-order valence-corrected chi connectivity index (χ0v) is 11.6. The van der Waals surface area contributed by atoms with Gasteiger partial charge in [-0.3, -0.25) is 4.79 Å². The molecule has 0 aliphatic rings. The van der Waals surface area contributed by atoms with Crippen molar-refractivity contribution in [2.24, 2.45) is 10.7 Å². The van der Waals surface area contributed by atoms with Gasteiger partial charge in [-0.25, -0.2) is 0 Å². The topological polar surface area (TPSA) is 55.4 Å². The molecule has 0 radical (unpaired) electrons. The molecule has 0 saturated heterocycles. The van der Waals surface area contributed by atoms with E-state index in [0.29, 0.717) is 5.56 Å². The molecule has 0 aliphatic heterocycles. The van der Waals surface area contributed by atoms with Crippen LogP contribution in [0.1, 0.15) is 47.8 Å². The van der Waals surface area contributed by atoms with Gasteiger partial charge in [-0.1, -0.05) is 13.8 Å². The Labute approximate surface area is 104 Å². The van der Waals surface area contributed by atoms with Gasteiger partial charge in [-0.15, -0.1) is 0 Å². The zero-order valence-electron chi connectivity index (χ0n) is 11.6. The summed E-state index contributed by atoms with van der Waals surface area (Å²) in [4.78, 5) is 15.3. The lowest BCUT2D eigenvalue weighted by Crippen LogP contribution is -2.09. The summed E-state index contributed by atoms with van der Waals surface area (Å²) < 4.78 is 0. The molecule has 1 rings (SSSR count). The van der Waals surface area contributed by atoms with E-state index >= 15 is 0 Å². The number of hydrogen-bond acceptors (Lipinski definition) is 1. The van der Waals surface area contributed by atoms with E-state index in [1.807, 2.05) is 46.8 Å². The first-order valence-corrected chi connectivity index (χ1v) is 5.84. The normalized spacial score (nSPS) is 10.6. The molecule has 1 amide bonds. The average Bonchev–Trinajstić information content (AvgIpc) is 2.27. The maximum absolute atomic E-state index is 11.6. The van der Waals surface area contributed by atoms with Gasteiger partial charge < -0.3 is 5.73 Å². The number of carbonyl (C=O) groups excluding carboxylic acids is 1. The summed E-state index contributed by atoms with van der Waals surface area (Å²) in [6.07, 6.45) is 0. The van der Waals surface area contributed by atoms with Crippen LogP contribution in [0.15, 0.2) is 17.1 Å². The minimum absolute atomic E-state index is 0.277. The molecule has 2 N–H and O–H groups in total. The van der Waals surface area contributed by atoms with Crippen molar-refractivity contribution in [1.29, 1.82) is 0 Å². The number of carbonyl (C=O) groups is 1. The standard InChI is InChI=1S/C12H16N2O.C2H6/c1-7-5-11(6-8(2)9(7)3)12(15)14-10(4)13;1-2/h5-6H,1-4H3,(H2,13,14,15);1-2H3. The smallest absolute Gasteiger partial charge is 0.278 e. The monoisotopic (exact) mass is 234 g/mol. The Morgan fingerprint density at radius 1 is 1.12 bits per heavy atom. The first-order valence-electron chi connectivity index (χ1n) is 5.84. The summed E-state index contributed by atoms with van der Waals surface area (Å²) >= 11 is 0. The van der Waals surface area contributed by atoms with Crippen molar-refractivity contribution in [2.75, 3.05) is 0 Å². The van der Waals surface area contributed by atoms with Crippen LogP contribution in [0, 0.1) is 20.8 Å². The van der Waals surface area contributed by atoms with E-state index in [-0.39, 0.29) is 11.7 Å². The van der Waals surface area contributed by atoms with Crippen LogP contribution in [0.2, 0.25) is 0 Å². The molecular weight excluding hydrogens is 212 g/mol. The summed E-state index contributed by atoms with van der Waals surface area (Å²) in [6.45, 7) is 11.6. The second kappa shape index (κ2) is 6.84. The van der Waals surface area contributed by atoms with Crippen molar-refractivity contribution in [3.05, 3.63) is 34.4 Å². The second-order valence-electron chi connectivity index (χ2n) is 3.79. The molecule has 0 heterocycles. The fourth-order valence-corrected chi connectivity index (χ4v) is 1.38. The van der Waals surface area contributed by atoms with Crippen molar-refractivity contribution in [3.63, 3.8) is 0 Å². The molecule has 0 unspecified atom stereocenters. The summed E-state index contributed by atoms with van der Waals surface area (Å²) in [5.41, 5.74) is 9.37. The van der Waals surface area contributed by atoms with E-state index in [9.17, 15) is 4.79 Å². The number of benzene rings is 1. The number of hydrogen-bond donors (Lipinski definition) is 1. The lowest BCUT2D eigenvalue weighted by molar-refractivity contribution is 0.100. The van der Waals surface area contributed by atoms with Gasteiger partial charge in [0.2, 0.25) is 0 Å². The van der Waals surface area contributed by atoms with Crippen LogP contribution < -0.4 is 5.73 Å². The first-order chi connectivity index (χ1) is 7.91. The van der Waals surface area contributed by atoms with Gasteiger partial charge in [0.25, 0.3) is 5.91 Å². The van der Waals surface area contributed by atoms with Crippen LogP contribution in [0.4, 0.5) is 0 Å². The summed E-state index contributed by atoms with van der Waals surface area (Å²) in [5.74, 6) is 0.0112. The number of aliphatic imine (C=N–C) groups is 1. The minimum Gasteiger partial charge on any atom is -0.387 e. The quantitative estimate of drug-likeness (QED) is 0.599. The fourth-order valence-electron chi connectivity index (χ4n) is 1.38. The van der Waals surface area contributed by atoms with Crippen molar-refractivity contribution < 1.29 is 4.79 Å². The minimum atomic E-state index is -0.277. The van der Waals surface area contributed by atoms with E-state index in [1.165, 1.54) is 5.56 Å². The third kappa shape index (κ3) is 4.39. The molecule has 0 aromatic heterocycles. The molecule has 17 heavy (non-hydrogen) atoms. The third-order valence-electron chi connectivity index (χ3n) is 2.45. The zero-order chi connectivity index (χ0) is 13.6. The Balaban J connectivity index is 0.00000121.